The van der Waals surface area contributed by atoms with E-state index in [2.05, 4.69) is 4.98 Å². The van der Waals surface area contributed by atoms with E-state index < -0.39 is 17.4 Å². The molecule has 4 heteroatoms. The molecule has 0 fully saturated rings. The lowest BCUT2D eigenvalue weighted by Gasteiger charge is -2.03. The minimum absolute atomic E-state index is 0.0377. The zero-order valence-electron chi connectivity index (χ0n) is 9.08. The topological polar surface area (TPSA) is 30.0 Å². The fourth-order valence-electron chi connectivity index (χ4n) is 1.55. The molecule has 0 aliphatic heterocycles. The third-order valence-electron chi connectivity index (χ3n) is 2.35. The molecule has 0 N–H and O–H groups in total. The van der Waals surface area contributed by atoms with E-state index in [0.29, 0.717) is 5.56 Å². The number of carbonyl (C=O) groups excluding carboxylic acids is 1. The number of aryl methyl sites for hydroxylation is 1. The van der Waals surface area contributed by atoms with Crippen molar-refractivity contribution < 1.29 is 13.6 Å². The Bertz CT molecular complexity index is 561. The molecule has 0 aliphatic rings. The number of hydrogen-bond acceptors (Lipinski definition) is 2. The number of benzene rings is 1. The van der Waals surface area contributed by atoms with Crippen LogP contribution in [-0.2, 0) is 0 Å². The van der Waals surface area contributed by atoms with Crippen LogP contribution in [0.25, 0.3) is 0 Å². The average molecular weight is 233 g/mol. The first kappa shape index (κ1) is 11.4. The molecule has 0 spiro atoms. The van der Waals surface area contributed by atoms with Gasteiger partial charge in [-0.25, -0.2) is 8.78 Å². The van der Waals surface area contributed by atoms with Crippen LogP contribution in [0.3, 0.4) is 0 Å². The highest BCUT2D eigenvalue weighted by Gasteiger charge is 2.14. The summed E-state index contributed by atoms with van der Waals surface area (Å²) < 4.78 is 26.0. The number of pyridine rings is 1. The maximum Gasteiger partial charge on any atom is 0.211 e. The van der Waals surface area contributed by atoms with Crippen molar-refractivity contribution in [3.05, 3.63) is 65.0 Å². The number of hydrogen-bond donors (Lipinski definition) is 0. The summed E-state index contributed by atoms with van der Waals surface area (Å²) >= 11 is 0. The van der Waals surface area contributed by atoms with Crippen molar-refractivity contribution in [1.29, 1.82) is 0 Å². The molecule has 0 amide bonds. The standard InChI is InChI=1S/C13H9F2NO/c1-8-3-2-4-16-12(8)13(17)9-5-10(14)7-11(15)6-9/h2-7H,1H3. The zero-order chi connectivity index (χ0) is 12.4. The van der Waals surface area contributed by atoms with Gasteiger partial charge in [-0.1, -0.05) is 6.07 Å². The second-order valence-electron chi connectivity index (χ2n) is 3.66. The molecule has 0 bridgehead atoms. The van der Waals surface area contributed by atoms with Crippen LogP contribution < -0.4 is 0 Å². The predicted molar refractivity (Wildman–Crippen MR) is 58.8 cm³/mol. The van der Waals surface area contributed by atoms with Gasteiger partial charge in [-0.05, 0) is 30.7 Å². The first-order valence-electron chi connectivity index (χ1n) is 5.00. The summed E-state index contributed by atoms with van der Waals surface area (Å²) in [5.74, 6) is -2.04. The van der Waals surface area contributed by atoms with Gasteiger partial charge < -0.3 is 0 Å². The number of nitrogens with zero attached hydrogens (tertiary/aromatic N) is 1. The number of rotatable bonds is 2. The highest BCUT2D eigenvalue weighted by molar-refractivity contribution is 6.08. The Morgan fingerprint density at radius 2 is 1.82 bits per heavy atom. The predicted octanol–water partition coefficient (Wildman–Crippen LogP) is 2.90. The van der Waals surface area contributed by atoms with E-state index in [1.54, 1.807) is 19.1 Å². The summed E-state index contributed by atoms with van der Waals surface area (Å²) in [6, 6.07) is 6.13. The van der Waals surface area contributed by atoms with Crippen LogP contribution in [0.4, 0.5) is 8.78 Å². The maximum atomic E-state index is 13.0. The minimum atomic E-state index is -0.776. The van der Waals surface area contributed by atoms with Crippen molar-refractivity contribution in [2.24, 2.45) is 0 Å². The molecule has 0 unspecified atom stereocenters. The number of carbonyl (C=O) groups is 1. The van der Waals surface area contributed by atoms with E-state index in [1.165, 1.54) is 6.20 Å². The lowest BCUT2D eigenvalue weighted by molar-refractivity contribution is 0.103. The third kappa shape index (κ3) is 2.36. The summed E-state index contributed by atoms with van der Waals surface area (Å²) in [5, 5.41) is 0. The molecular weight excluding hydrogens is 224 g/mol. The molecule has 0 aliphatic carbocycles. The third-order valence-corrected chi connectivity index (χ3v) is 2.35. The van der Waals surface area contributed by atoms with Crippen molar-refractivity contribution in [1.82, 2.24) is 4.98 Å². The highest BCUT2D eigenvalue weighted by atomic mass is 19.1. The van der Waals surface area contributed by atoms with Crippen molar-refractivity contribution in [2.45, 2.75) is 6.92 Å². The molecule has 1 aromatic carbocycles. The van der Waals surface area contributed by atoms with Crippen LogP contribution in [0.2, 0.25) is 0 Å². The van der Waals surface area contributed by atoms with Crippen molar-refractivity contribution >= 4 is 5.78 Å². The Hall–Kier alpha value is -2.10. The molecule has 86 valence electrons. The van der Waals surface area contributed by atoms with Crippen molar-refractivity contribution in [3.63, 3.8) is 0 Å². The van der Waals surface area contributed by atoms with Crippen LogP contribution in [-0.4, -0.2) is 10.8 Å². The molecule has 0 atom stereocenters. The van der Waals surface area contributed by atoms with Gasteiger partial charge in [0.2, 0.25) is 5.78 Å². The number of halogens is 2. The van der Waals surface area contributed by atoms with Crippen LogP contribution in [0.5, 0.6) is 0 Å². The Morgan fingerprint density at radius 1 is 1.18 bits per heavy atom. The molecule has 17 heavy (non-hydrogen) atoms. The summed E-state index contributed by atoms with van der Waals surface area (Å²) in [5.41, 5.74) is 0.837. The van der Waals surface area contributed by atoms with Crippen LogP contribution in [0, 0.1) is 18.6 Å². The number of ketones is 1. The first-order valence-corrected chi connectivity index (χ1v) is 5.00. The second kappa shape index (κ2) is 4.41. The van der Waals surface area contributed by atoms with E-state index >= 15 is 0 Å². The van der Waals surface area contributed by atoms with E-state index in [-0.39, 0.29) is 11.3 Å². The van der Waals surface area contributed by atoms with Gasteiger partial charge in [-0.2, -0.15) is 0 Å². The van der Waals surface area contributed by atoms with Crippen molar-refractivity contribution in [3.8, 4) is 0 Å². The lowest BCUT2D eigenvalue weighted by atomic mass is 10.0. The summed E-state index contributed by atoms with van der Waals surface area (Å²) in [4.78, 5) is 15.9. The Morgan fingerprint density at radius 3 is 2.41 bits per heavy atom. The average Bonchev–Trinajstić information content (AvgIpc) is 2.27. The molecule has 0 saturated heterocycles. The lowest BCUT2D eigenvalue weighted by Crippen LogP contribution is -2.07. The monoisotopic (exact) mass is 233 g/mol. The van der Waals surface area contributed by atoms with Crippen LogP contribution >= 0.6 is 0 Å². The largest absolute Gasteiger partial charge is 0.287 e. The van der Waals surface area contributed by atoms with Crippen LogP contribution in [0.1, 0.15) is 21.6 Å². The molecule has 0 saturated carbocycles. The Balaban J connectivity index is 2.48. The number of aromatic nitrogens is 1. The molecule has 1 heterocycles. The fourth-order valence-corrected chi connectivity index (χ4v) is 1.55. The normalized spacial score (nSPS) is 10.3. The van der Waals surface area contributed by atoms with Gasteiger partial charge in [0.15, 0.2) is 0 Å². The van der Waals surface area contributed by atoms with E-state index in [4.69, 9.17) is 0 Å². The Kier molecular flexibility index (Phi) is 2.95. The van der Waals surface area contributed by atoms with Gasteiger partial charge in [0.25, 0.3) is 0 Å². The molecule has 2 aromatic rings. The molecule has 0 radical (unpaired) electrons. The summed E-state index contributed by atoms with van der Waals surface area (Å²) in [6.45, 7) is 1.72. The van der Waals surface area contributed by atoms with Gasteiger partial charge in [-0.3, -0.25) is 9.78 Å². The van der Waals surface area contributed by atoms with E-state index in [9.17, 15) is 13.6 Å². The second-order valence-corrected chi connectivity index (χ2v) is 3.66. The molecular formula is C13H9F2NO. The van der Waals surface area contributed by atoms with Gasteiger partial charge in [-0.15, -0.1) is 0 Å². The highest BCUT2D eigenvalue weighted by Crippen LogP contribution is 2.14. The quantitative estimate of drug-likeness (QED) is 0.746. The maximum absolute atomic E-state index is 13.0. The van der Waals surface area contributed by atoms with Crippen LogP contribution in [0.15, 0.2) is 36.5 Å². The molecule has 1 aromatic heterocycles. The van der Waals surface area contributed by atoms with Gasteiger partial charge in [0, 0.05) is 17.8 Å². The molecule has 2 nitrogen and oxygen atoms in total. The van der Waals surface area contributed by atoms with E-state index in [1.807, 2.05) is 0 Å². The summed E-state index contributed by atoms with van der Waals surface area (Å²) in [7, 11) is 0. The smallest absolute Gasteiger partial charge is 0.211 e. The van der Waals surface area contributed by atoms with Gasteiger partial charge >= 0.3 is 0 Å². The Labute approximate surface area is 96.9 Å². The fraction of sp³-hybridized carbons (Fsp3) is 0.0769. The zero-order valence-corrected chi connectivity index (χ0v) is 9.08. The SMILES string of the molecule is Cc1cccnc1C(=O)c1cc(F)cc(F)c1. The minimum Gasteiger partial charge on any atom is -0.287 e. The van der Waals surface area contributed by atoms with Gasteiger partial charge in [0.1, 0.15) is 17.3 Å². The molecule has 2 rings (SSSR count). The van der Waals surface area contributed by atoms with Crippen molar-refractivity contribution in [2.75, 3.05) is 0 Å². The van der Waals surface area contributed by atoms with Gasteiger partial charge in [0.05, 0.1) is 0 Å². The van der Waals surface area contributed by atoms with E-state index in [0.717, 1.165) is 18.2 Å². The first-order chi connectivity index (χ1) is 8.08. The summed E-state index contributed by atoms with van der Waals surface area (Å²) in [6.07, 6.45) is 1.47.